The Morgan fingerprint density at radius 2 is 1.81 bits per heavy atom. The van der Waals surface area contributed by atoms with E-state index in [1.165, 1.54) is 0 Å². The predicted octanol–water partition coefficient (Wildman–Crippen LogP) is 1.85. The van der Waals surface area contributed by atoms with Gasteiger partial charge in [0.05, 0.1) is 6.54 Å². The highest BCUT2D eigenvalue weighted by Crippen LogP contribution is 2.41. The molecular formula is C23H24N4O4. The smallest absolute Gasteiger partial charge is 0.255 e. The van der Waals surface area contributed by atoms with Crippen LogP contribution in [0.15, 0.2) is 48.5 Å². The van der Waals surface area contributed by atoms with Crippen molar-refractivity contribution in [2.75, 3.05) is 18.4 Å². The van der Waals surface area contributed by atoms with Crippen molar-refractivity contribution in [3.8, 4) is 0 Å². The molecule has 3 N–H and O–H groups in total. The Bertz CT molecular complexity index is 1050. The molecule has 1 unspecified atom stereocenters. The minimum Gasteiger partial charge on any atom is -0.352 e. The molecule has 0 aromatic heterocycles. The summed E-state index contributed by atoms with van der Waals surface area (Å²) >= 11 is 0. The van der Waals surface area contributed by atoms with E-state index < -0.39 is 11.9 Å². The van der Waals surface area contributed by atoms with E-state index >= 15 is 0 Å². The molecule has 2 aromatic rings. The molecule has 1 fully saturated rings. The first-order valence-electron chi connectivity index (χ1n) is 10.4. The van der Waals surface area contributed by atoms with E-state index in [1.807, 2.05) is 6.92 Å². The van der Waals surface area contributed by atoms with Crippen molar-refractivity contribution in [2.45, 2.75) is 31.8 Å². The van der Waals surface area contributed by atoms with E-state index in [2.05, 4.69) is 16.0 Å². The third kappa shape index (κ3) is 4.28. The van der Waals surface area contributed by atoms with Gasteiger partial charge in [0, 0.05) is 29.4 Å². The van der Waals surface area contributed by atoms with Crippen LogP contribution in [0.25, 0.3) is 0 Å². The zero-order valence-electron chi connectivity index (χ0n) is 17.2. The molecule has 0 bridgehead atoms. The molecule has 160 valence electrons. The highest BCUT2D eigenvalue weighted by atomic mass is 16.2. The number of benzene rings is 2. The number of anilines is 1. The van der Waals surface area contributed by atoms with Crippen LogP contribution < -0.4 is 16.0 Å². The first-order chi connectivity index (χ1) is 15.0. The van der Waals surface area contributed by atoms with Crippen molar-refractivity contribution >= 4 is 29.3 Å². The van der Waals surface area contributed by atoms with Gasteiger partial charge in [-0.2, -0.15) is 0 Å². The molecule has 0 spiro atoms. The monoisotopic (exact) mass is 420 g/mol. The summed E-state index contributed by atoms with van der Waals surface area (Å²) < 4.78 is 0. The quantitative estimate of drug-likeness (QED) is 0.635. The van der Waals surface area contributed by atoms with Crippen LogP contribution in [0, 0.1) is 0 Å². The van der Waals surface area contributed by atoms with E-state index in [4.69, 9.17) is 0 Å². The number of amides is 4. The van der Waals surface area contributed by atoms with Crippen LogP contribution in [0.1, 0.15) is 52.1 Å². The van der Waals surface area contributed by atoms with Crippen molar-refractivity contribution in [1.29, 1.82) is 0 Å². The molecule has 1 heterocycles. The Balaban J connectivity index is 1.40. The molecule has 4 amide bonds. The molecule has 1 saturated carbocycles. The molecule has 2 aliphatic rings. The second kappa shape index (κ2) is 8.59. The van der Waals surface area contributed by atoms with Gasteiger partial charge >= 0.3 is 0 Å². The molecular weight excluding hydrogens is 396 g/mol. The number of hydrogen-bond acceptors (Lipinski definition) is 4. The van der Waals surface area contributed by atoms with E-state index in [0.29, 0.717) is 28.9 Å². The van der Waals surface area contributed by atoms with Crippen LogP contribution in [0.5, 0.6) is 0 Å². The van der Waals surface area contributed by atoms with Crippen LogP contribution in [0.4, 0.5) is 5.69 Å². The van der Waals surface area contributed by atoms with Crippen molar-refractivity contribution in [2.24, 2.45) is 0 Å². The summed E-state index contributed by atoms with van der Waals surface area (Å²) in [5.74, 6) is -1.16. The van der Waals surface area contributed by atoms with Crippen LogP contribution in [0.2, 0.25) is 0 Å². The fraction of sp³-hybridized carbons (Fsp3) is 0.304. The molecule has 8 heteroatoms. The second-order valence-corrected chi connectivity index (χ2v) is 7.64. The Kier molecular flexibility index (Phi) is 5.70. The number of nitrogens with zero attached hydrogens (tertiary/aromatic N) is 1. The number of carbonyl (C=O) groups excluding carboxylic acids is 4. The summed E-state index contributed by atoms with van der Waals surface area (Å²) in [4.78, 5) is 51.6. The Labute approximate surface area is 180 Å². The third-order valence-corrected chi connectivity index (χ3v) is 5.36. The highest BCUT2D eigenvalue weighted by molar-refractivity contribution is 6.06. The fourth-order valence-electron chi connectivity index (χ4n) is 3.80. The molecule has 0 radical (unpaired) electrons. The average Bonchev–Trinajstić information content (AvgIpc) is 3.56. The van der Waals surface area contributed by atoms with Crippen molar-refractivity contribution in [3.05, 3.63) is 65.2 Å². The Morgan fingerprint density at radius 3 is 2.55 bits per heavy atom. The Morgan fingerprint density at radius 1 is 1.03 bits per heavy atom. The van der Waals surface area contributed by atoms with Crippen molar-refractivity contribution < 1.29 is 19.2 Å². The van der Waals surface area contributed by atoms with Gasteiger partial charge in [-0.15, -0.1) is 0 Å². The van der Waals surface area contributed by atoms with Gasteiger partial charge in [-0.05, 0) is 49.6 Å². The maximum absolute atomic E-state index is 12.9. The van der Waals surface area contributed by atoms with Crippen LogP contribution in [-0.2, 0) is 9.59 Å². The normalized spacial score (nSPS) is 17.1. The second-order valence-electron chi connectivity index (χ2n) is 7.64. The summed E-state index contributed by atoms with van der Waals surface area (Å²) in [7, 11) is 0. The zero-order chi connectivity index (χ0) is 22.0. The third-order valence-electron chi connectivity index (χ3n) is 5.36. The topological polar surface area (TPSA) is 108 Å². The number of carbonyl (C=O) groups is 4. The van der Waals surface area contributed by atoms with Gasteiger partial charge in [0.2, 0.25) is 11.8 Å². The van der Waals surface area contributed by atoms with Gasteiger partial charge in [-0.25, -0.2) is 0 Å². The summed E-state index contributed by atoms with van der Waals surface area (Å²) in [5, 5.41) is 8.04. The first kappa shape index (κ1) is 20.6. The number of nitrogens with one attached hydrogen (secondary N) is 3. The van der Waals surface area contributed by atoms with E-state index in [0.717, 1.165) is 12.8 Å². The minimum atomic E-state index is -0.718. The lowest BCUT2D eigenvalue weighted by molar-refractivity contribution is -0.127. The minimum absolute atomic E-state index is 0.0708. The molecule has 1 atom stereocenters. The maximum atomic E-state index is 12.9. The first-order valence-corrected chi connectivity index (χ1v) is 10.4. The van der Waals surface area contributed by atoms with Gasteiger partial charge < -0.3 is 20.9 Å². The predicted molar refractivity (Wildman–Crippen MR) is 114 cm³/mol. The van der Waals surface area contributed by atoms with E-state index in [-0.39, 0.29) is 30.3 Å². The van der Waals surface area contributed by atoms with Gasteiger partial charge in [0.1, 0.15) is 6.04 Å². The summed E-state index contributed by atoms with van der Waals surface area (Å²) in [6.45, 7) is 2.09. The molecule has 31 heavy (non-hydrogen) atoms. The number of rotatable bonds is 7. The van der Waals surface area contributed by atoms with E-state index in [1.54, 1.807) is 53.4 Å². The van der Waals surface area contributed by atoms with Crippen LogP contribution >= 0.6 is 0 Å². The maximum Gasteiger partial charge on any atom is 0.255 e. The Hall–Kier alpha value is -3.68. The average molecular weight is 420 g/mol. The van der Waals surface area contributed by atoms with Crippen LogP contribution in [-0.4, -0.2) is 47.7 Å². The standard InChI is InChI=1S/C23H24N4O4/c1-2-24-21(29)14-6-5-7-15(12-14)26-19(28)13-25-22(30)20-17-8-3-4-9-18(17)23(31)27(20)16-10-11-16/h3-9,12,16,20H,2,10-11,13H2,1H3,(H,24,29)(H,25,30)(H,26,28). The van der Waals surface area contributed by atoms with Gasteiger partial charge in [-0.3, -0.25) is 19.2 Å². The lowest BCUT2D eigenvalue weighted by Crippen LogP contribution is -2.42. The number of hydrogen-bond donors (Lipinski definition) is 3. The van der Waals surface area contributed by atoms with Gasteiger partial charge in [-0.1, -0.05) is 24.3 Å². The molecule has 4 rings (SSSR count). The molecule has 0 saturated heterocycles. The molecule has 1 aliphatic heterocycles. The largest absolute Gasteiger partial charge is 0.352 e. The lowest BCUT2D eigenvalue weighted by Gasteiger charge is -2.24. The molecule has 1 aliphatic carbocycles. The molecule has 8 nitrogen and oxygen atoms in total. The lowest BCUT2D eigenvalue weighted by atomic mass is 10.0. The van der Waals surface area contributed by atoms with Crippen LogP contribution in [0.3, 0.4) is 0 Å². The highest BCUT2D eigenvalue weighted by Gasteiger charge is 2.47. The number of fused-ring (bicyclic) bond motifs is 1. The SMILES string of the molecule is CCNC(=O)c1cccc(NC(=O)CNC(=O)C2c3ccccc3C(=O)N2C2CC2)c1. The fourth-order valence-corrected chi connectivity index (χ4v) is 3.80. The van der Waals surface area contributed by atoms with Gasteiger partial charge in [0.15, 0.2) is 0 Å². The van der Waals surface area contributed by atoms with Crippen molar-refractivity contribution in [3.63, 3.8) is 0 Å². The summed E-state index contributed by atoms with van der Waals surface area (Å²) in [5.41, 5.74) is 2.11. The van der Waals surface area contributed by atoms with Crippen molar-refractivity contribution in [1.82, 2.24) is 15.5 Å². The van der Waals surface area contributed by atoms with E-state index in [9.17, 15) is 19.2 Å². The molecule has 2 aromatic carbocycles. The summed E-state index contributed by atoms with van der Waals surface area (Å²) in [6.07, 6.45) is 1.76. The zero-order valence-corrected chi connectivity index (χ0v) is 17.2. The summed E-state index contributed by atoms with van der Waals surface area (Å²) in [6, 6.07) is 13.0. The van der Waals surface area contributed by atoms with Gasteiger partial charge in [0.25, 0.3) is 11.8 Å².